The van der Waals surface area contributed by atoms with Crippen LogP contribution in [-0.2, 0) is 4.79 Å². The third-order valence-electron chi connectivity index (χ3n) is 1.92. The summed E-state index contributed by atoms with van der Waals surface area (Å²) in [5.74, 6) is -1.34. The molecule has 0 saturated heterocycles. The minimum atomic E-state index is -0.677. The number of aromatic hydroxyl groups is 1. The average molecular weight is 220 g/mol. The first-order valence-electron chi connectivity index (χ1n) is 4.64. The zero-order valence-electron chi connectivity index (χ0n) is 9.11. The molecule has 0 aliphatic rings. The number of benzene rings is 1. The van der Waals surface area contributed by atoms with Crippen molar-refractivity contribution < 1.29 is 19.4 Å². The smallest absolute Gasteiger partial charge is 0.338 e. The largest absolute Gasteiger partial charge is 0.504 e. The number of carbonyl (C=O) groups excluding carboxylic acids is 2. The number of ether oxygens (including phenoxy) is 1. The van der Waals surface area contributed by atoms with Gasteiger partial charge in [0.1, 0.15) is 0 Å². The SMILES string of the molecule is C=C(C)C(=O)Oc1c(O)cccc1C(C)=O. The van der Waals surface area contributed by atoms with Crippen LogP contribution in [-0.4, -0.2) is 16.9 Å². The highest BCUT2D eigenvalue weighted by molar-refractivity contribution is 5.99. The van der Waals surface area contributed by atoms with Crippen molar-refractivity contribution in [2.24, 2.45) is 0 Å². The van der Waals surface area contributed by atoms with Crippen LogP contribution in [0.3, 0.4) is 0 Å². The topological polar surface area (TPSA) is 63.6 Å². The summed E-state index contributed by atoms with van der Waals surface area (Å²) in [6, 6.07) is 4.32. The fraction of sp³-hybridized carbons (Fsp3) is 0.167. The molecule has 0 amide bonds. The van der Waals surface area contributed by atoms with Gasteiger partial charge in [-0.15, -0.1) is 0 Å². The van der Waals surface area contributed by atoms with E-state index in [1.54, 1.807) is 0 Å². The van der Waals surface area contributed by atoms with Gasteiger partial charge >= 0.3 is 5.97 Å². The van der Waals surface area contributed by atoms with Crippen molar-refractivity contribution in [1.29, 1.82) is 0 Å². The van der Waals surface area contributed by atoms with Crippen LogP contribution in [0.4, 0.5) is 0 Å². The number of hydrogen-bond acceptors (Lipinski definition) is 4. The summed E-state index contributed by atoms with van der Waals surface area (Å²) in [5.41, 5.74) is 0.354. The lowest BCUT2D eigenvalue weighted by Gasteiger charge is -2.09. The van der Waals surface area contributed by atoms with Crippen molar-refractivity contribution in [1.82, 2.24) is 0 Å². The van der Waals surface area contributed by atoms with E-state index in [2.05, 4.69) is 6.58 Å². The number of esters is 1. The predicted octanol–water partition coefficient (Wildman–Crippen LogP) is 2.08. The molecule has 0 aliphatic carbocycles. The molecule has 0 spiro atoms. The molecule has 4 heteroatoms. The summed E-state index contributed by atoms with van der Waals surface area (Å²) < 4.78 is 4.89. The Morgan fingerprint density at radius 2 is 1.94 bits per heavy atom. The third-order valence-corrected chi connectivity index (χ3v) is 1.92. The van der Waals surface area contributed by atoms with E-state index in [4.69, 9.17) is 4.74 Å². The monoisotopic (exact) mass is 220 g/mol. The molecule has 1 aromatic carbocycles. The third kappa shape index (κ3) is 2.48. The van der Waals surface area contributed by atoms with Crippen molar-refractivity contribution in [3.8, 4) is 11.5 Å². The van der Waals surface area contributed by atoms with E-state index in [9.17, 15) is 14.7 Å². The second-order valence-corrected chi connectivity index (χ2v) is 3.38. The highest BCUT2D eigenvalue weighted by Gasteiger charge is 2.16. The molecule has 84 valence electrons. The van der Waals surface area contributed by atoms with E-state index in [1.807, 2.05) is 0 Å². The van der Waals surface area contributed by atoms with Crippen LogP contribution in [0.5, 0.6) is 11.5 Å². The minimum Gasteiger partial charge on any atom is -0.504 e. The van der Waals surface area contributed by atoms with Gasteiger partial charge < -0.3 is 9.84 Å². The summed E-state index contributed by atoms with van der Waals surface area (Å²) in [7, 11) is 0. The predicted molar refractivity (Wildman–Crippen MR) is 58.6 cm³/mol. The first-order valence-corrected chi connectivity index (χ1v) is 4.64. The first-order chi connectivity index (χ1) is 7.43. The Kier molecular flexibility index (Phi) is 3.45. The van der Waals surface area contributed by atoms with Crippen LogP contribution in [0, 0.1) is 0 Å². The van der Waals surface area contributed by atoms with E-state index in [1.165, 1.54) is 32.0 Å². The van der Waals surface area contributed by atoms with Crippen molar-refractivity contribution >= 4 is 11.8 Å². The second kappa shape index (κ2) is 4.61. The molecule has 1 aromatic rings. The number of carbonyl (C=O) groups is 2. The van der Waals surface area contributed by atoms with Gasteiger partial charge in [0.15, 0.2) is 17.3 Å². The number of hydrogen-bond donors (Lipinski definition) is 1. The maximum Gasteiger partial charge on any atom is 0.338 e. The van der Waals surface area contributed by atoms with Crippen LogP contribution in [0.15, 0.2) is 30.4 Å². The fourth-order valence-corrected chi connectivity index (χ4v) is 1.09. The molecule has 0 saturated carbocycles. The van der Waals surface area contributed by atoms with E-state index >= 15 is 0 Å². The molecule has 0 heterocycles. The lowest BCUT2D eigenvalue weighted by Crippen LogP contribution is -2.11. The van der Waals surface area contributed by atoms with Crippen LogP contribution in [0.1, 0.15) is 24.2 Å². The Labute approximate surface area is 93.2 Å². The van der Waals surface area contributed by atoms with Crippen LogP contribution < -0.4 is 4.74 Å². The van der Waals surface area contributed by atoms with Gasteiger partial charge in [-0.1, -0.05) is 12.6 Å². The highest BCUT2D eigenvalue weighted by atomic mass is 16.5. The number of ketones is 1. The molecule has 1 rings (SSSR count). The molecule has 0 fully saturated rings. The van der Waals surface area contributed by atoms with E-state index < -0.39 is 5.97 Å². The van der Waals surface area contributed by atoms with Crippen LogP contribution in [0.2, 0.25) is 0 Å². The molecular formula is C12H12O4. The summed E-state index contributed by atoms with van der Waals surface area (Å²) in [4.78, 5) is 22.5. The minimum absolute atomic E-state index is 0.122. The Bertz CT molecular complexity index is 460. The molecule has 0 atom stereocenters. The van der Waals surface area contributed by atoms with Gasteiger partial charge in [-0.3, -0.25) is 4.79 Å². The van der Waals surface area contributed by atoms with E-state index in [0.717, 1.165) is 0 Å². The van der Waals surface area contributed by atoms with Gasteiger partial charge in [-0.05, 0) is 26.0 Å². The zero-order chi connectivity index (χ0) is 12.3. The van der Waals surface area contributed by atoms with Crippen molar-refractivity contribution in [2.45, 2.75) is 13.8 Å². The molecule has 0 radical (unpaired) electrons. The number of para-hydroxylation sites is 1. The zero-order valence-corrected chi connectivity index (χ0v) is 9.11. The summed E-state index contributed by atoms with van der Waals surface area (Å²) >= 11 is 0. The molecule has 0 unspecified atom stereocenters. The Hall–Kier alpha value is -2.10. The molecule has 0 aliphatic heterocycles. The maximum atomic E-state index is 11.3. The van der Waals surface area contributed by atoms with Gasteiger partial charge in [0, 0.05) is 5.57 Å². The molecular weight excluding hydrogens is 208 g/mol. The van der Waals surface area contributed by atoms with Crippen molar-refractivity contribution in [3.63, 3.8) is 0 Å². The van der Waals surface area contributed by atoms with Crippen molar-refractivity contribution in [2.75, 3.05) is 0 Å². The number of phenolic OH excluding ortho intramolecular Hbond substituents is 1. The average Bonchev–Trinajstić information content (AvgIpc) is 2.20. The molecule has 0 bridgehead atoms. The van der Waals surface area contributed by atoms with Crippen molar-refractivity contribution in [3.05, 3.63) is 35.9 Å². The second-order valence-electron chi connectivity index (χ2n) is 3.38. The van der Waals surface area contributed by atoms with Gasteiger partial charge in [0.25, 0.3) is 0 Å². The van der Waals surface area contributed by atoms with Gasteiger partial charge in [0.05, 0.1) is 5.56 Å². The first kappa shape index (κ1) is 12.0. The maximum absolute atomic E-state index is 11.3. The fourth-order valence-electron chi connectivity index (χ4n) is 1.09. The quantitative estimate of drug-likeness (QED) is 0.366. The van der Waals surface area contributed by atoms with Gasteiger partial charge in [-0.2, -0.15) is 0 Å². The van der Waals surface area contributed by atoms with Gasteiger partial charge in [0.2, 0.25) is 0 Å². The van der Waals surface area contributed by atoms with Crippen LogP contribution in [0.25, 0.3) is 0 Å². The summed E-state index contributed by atoms with van der Waals surface area (Å²) in [6.45, 7) is 6.22. The lowest BCUT2D eigenvalue weighted by atomic mass is 10.1. The Morgan fingerprint density at radius 1 is 1.31 bits per heavy atom. The van der Waals surface area contributed by atoms with E-state index in [0.29, 0.717) is 0 Å². The highest BCUT2D eigenvalue weighted by Crippen LogP contribution is 2.30. The van der Waals surface area contributed by atoms with E-state index in [-0.39, 0.29) is 28.4 Å². The summed E-state index contributed by atoms with van der Waals surface area (Å²) in [5, 5.41) is 9.51. The Morgan fingerprint density at radius 3 is 2.44 bits per heavy atom. The Balaban J connectivity index is 3.16. The molecule has 1 N–H and O–H groups in total. The number of phenols is 1. The van der Waals surface area contributed by atoms with Crippen LogP contribution >= 0.6 is 0 Å². The summed E-state index contributed by atoms with van der Waals surface area (Å²) in [6.07, 6.45) is 0. The lowest BCUT2D eigenvalue weighted by molar-refractivity contribution is -0.130. The molecule has 4 nitrogen and oxygen atoms in total. The molecule has 16 heavy (non-hydrogen) atoms. The molecule has 0 aromatic heterocycles. The standard InChI is InChI=1S/C12H12O4/c1-7(2)12(15)16-11-9(8(3)13)5-4-6-10(11)14/h4-6,14H,1H2,2-3H3. The normalized spacial score (nSPS) is 9.62. The number of rotatable bonds is 3. The van der Waals surface area contributed by atoms with Gasteiger partial charge in [-0.25, -0.2) is 4.79 Å². The number of Topliss-reactive ketones (excluding diaryl/α,β-unsaturated/α-hetero) is 1.